The van der Waals surface area contributed by atoms with Crippen molar-refractivity contribution in [1.82, 2.24) is 25.5 Å². The highest BCUT2D eigenvalue weighted by Crippen LogP contribution is 2.41. The molecule has 1 aromatic heterocycles. The minimum Gasteiger partial charge on any atom is -0.447 e. The van der Waals surface area contributed by atoms with E-state index in [0.717, 1.165) is 49.7 Å². The van der Waals surface area contributed by atoms with Gasteiger partial charge >= 0.3 is 6.01 Å². The predicted molar refractivity (Wildman–Crippen MR) is 159 cm³/mol. The molecule has 1 aliphatic carbocycles. The molecule has 2 N–H and O–H groups in total. The largest absolute Gasteiger partial charge is 0.447 e. The Labute approximate surface area is 241 Å². The molecular formula is C31H38N8O2. The Bertz CT molecular complexity index is 1460. The maximum absolute atomic E-state index is 13.1. The molecule has 10 heteroatoms. The van der Waals surface area contributed by atoms with Crippen molar-refractivity contribution < 1.29 is 9.53 Å². The number of likely N-dealkylation sites (N-methyl/N-ethyl adjacent to an activating group) is 1. The highest BCUT2D eigenvalue weighted by molar-refractivity contribution is 5.94. The van der Waals surface area contributed by atoms with Crippen molar-refractivity contribution in [3.05, 3.63) is 53.7 Å². The summed E-state index contributed by atoms with van der Waals surface area (Å²) in [6.07, 6.45) is 2.54. The van der Waals surface area contributed by atoms with Gasteiger partial charge in [0, 0.05) is 74.8 Å². The van der Waals surface area contributed by atoms with E-state index in [9.17, 15) is 10.1 Å². The van der Waals surface area contributed by atoms with Gasteiger partial charge in [-0.15, -0.1) is 0 Å². The van der Waals surface area contributed by atoms with Crippen molar-refractivity contribution in [1.29, 1.82) is 5.26 Å². The lowest BCUT2D eigenvalue weighted by atomic mass is 10.0. The number of fused-ring (bicyclic) bond motifs is 2. The van der Waals surface area contributed by atoms with Crippen LogP contribution in [0.3, 0.4) is 0 Å². The fourth-order valence-corrected chi connectivity index (χ4v) is 5.87. The van der Waals surface area contributed by atoms with Gasteiger partial charge in [-0.3, -0.25) is 4.79 Å². The fraction of sp³-hybridized carbons (Fsp3) is 0.484. The van der Waals surface area contributed by atoms with Gasteiger partial charge in [0.1, 0.15) is 5.82 Å². The van der Waals surface area contributed by atoms with Gasteiger partial charge in [0.15, 0.2) is 5.60 Å². The van der Waals surface area contributed by atoms with Crippen LogP contribution in [-0.4, -0.2) is 85.8 Å². The molecule has 214 valence electrons. The van der Waals surface area contributed by atoms with Gasteiger partial charge in [0.05, 0.1) is 24.7 Å². The van der Waals surface area contributed by atoms with E-state index < -0.39 is 5.60 Å². The Balaban J connectivity index is 1.31. The number of ether oxygens (including phenoxy) is 1. The second-order valence-corrected chi connectivity index (χ2v) is 11.5. The summed E-state index contributed by atoms with van der Waals surface area (Å²) in [7, 11) is 3.97. The van der Waals surface area contributed by atoms with Crippen LogP contribution >= 0.6 is 0 Å². The Kier molecular flexibility index (Phi) is 7.65. The van der Waals surface area contributed by atoms with Gasteiger partial charge in [0.25, 0.3) is 5.91 Å². The van der Waals surface area contributed by atoms with Gasteiger partial charge in [0.2, 0.25) is 0 Å². The summed E-state index contributed by atoms with van der Waals surface area (Å²) in [5, 5.41) is 18.2. The van der Waals surface area contributed by atoms with Crippen LogP contribution in [0.4, 0.5) is 11.5 Å². The third-order valence-corrected chi connectivity index (χ3v) is 8.27. The molecule has 6 rings (SSSR count). The number of benzene rings is 2. The zero-order valence-electron chi connectivity index (χ0n) is 23.9. The lowest BCUT2D eigenvalue weighted by Crippen LogP contribution is -2.51. The van der Waals surface area contributed by atoms with Crippen molar-refractivity contribution in [3.8, 4) is 12.1 Å². The molecular weight excluding hydrogens is 516 g/mol. The van der Waals surface area contributed by atoms with E-state index in [1.807, 2.05) is 19.0 Å². The quantitative estimate of drug-likeness (QED) is 0.412. The highest BCUT2D eigenvalue weighted by Gasteiger charge is 2.53. The second kappa shape index (κ2) is 11.5. The van der Waals surface area contributed by atoms with Crippen LogP contribution in [0.1, 0.15) is 30.5 Å². The molecule has 1 atom stereocenters. The van der Waals surface area contributed by atoms with Crippen molar-refractivity contribution in [2.45, 2.75) is 43.9 Å². The number of aromatic nitrogens is 2. The minimum atomic E-state index is -0.908. The number of anilines is 2. The van der Waals surface area contributed by atoms with Gasteiger partial charge in [-0.25, -0.2) is 0 Å². The van der Waals surface area contributed by atoms with E-state index in [2.05, 4.69) is 69.0 Å². The molecule has 1 saturated heterocycles. The zero-order valence-corrected chi connectivity index (χ0v) is 23.9. The van der Waals surface area contributed by atoms with Crippen LogP contribution < -0.4 is 25.2 Å². The molecule has 0 radical (unpaired) electrons. The monoisotopic (exact) mass is 554 g/mol. The van der Waals surface area contributed by atoms with Crippen LogP contribution in [0.2, 0.25) is 0 Å². The van der Waals surface area contributed by atoms with E-state index in [1.54, 1.807) is 0 Å². The summed E-state index contributed by atoms with van der Waals surface area (Å²) in [6.45, 7) is 5.07. The van der Waals surface area contributed by atoms with E-state index in [-0.39, 0.29) is 18.0 Å². The molecule has 1 saturated carbocycles. The van der Waals surface area contributed by atoms with Crippen molar-refractivity contribution in [3.63, 3.8) is 0 Å². The number of rotatable bonds is 9. The topological polar surface area (TPSA) is 110 Å². The number of nitrogens with zero attached hydrogens (tertiary/aromatic N) is 6. The number of hydrogen-bond acceptors (Lipinski definition) is 9. The Morgan fingerprint density at radius 1 is 1.17 bits per heavy atom. The molecule has 0 spiro atoms. The maximum atomic E-state index is 13.1. The predicted octanol–water partition coefficient (Wildman–Crippen LogP) is 2.47. The molecule has 1 amide bonds. The average molecular weight is 555 g/mol. The van der Waals surface area contributed by atoms with Crippen molar-refractivity contribution in [2.24, 2.45) is 0 Å². The van der Waals surface area contributed by atoms with Crippen LogP contribution in [-0.2, 0) is 17.8 Å². The summed E-state index contributed by atoms with van der Waals surface area (Å²) >= 11 is 0. The maximum Gasteiger partial charge on any atom is 0.319 e. The van der Waals surface area contributed by atoms with Gasteiger partial charge in [-0.2, -0.15) is 15.2 Å². The molecule has 2 aromatic carbocycles. The third kappa shape index (κ3) is 5.78. The van der Waals surface area contributed by atoms with E-state index >= 15 is 0 Å². The summed E-state index contributed by atoms with van der Waals surface area (Å²) in [6, 6.07) is 17.5. The number of piperazine rings is 1. The first-order chi connectivity index (χ1) is 20.0. The highest BCUT2D eigenvalue weighted by atomic mass is 16.5. The summed E-state index contributed by atoms with van der Waals surface area (Å²) < 4.78 is 6.35. The molecule has 0 unspecified atom stereocenters. The molecule has 2 aliphatic heterocycles. The molecule has 3 aliphatic rings. The van der Waals surface area contributed by atoms with Crippen LogP contribution in [0, 0.1) is 11.3 Å². The average Bonchev–Trinajstić information content (AvgIpc) is 3.77. The van der Waals surface area contributed by atoms with Crippen molar-refractivity contribution >= 4 is 28.2 Å². The number of amides is 1. The van der Waals surface area contributed by atoms with Gasteiger partial charge in [-0.05, 0) is 32.0 Å². The standard InChI is InChI=1S/C31H38N8O2/c1-37(2)18-15-34-29(40)31(12-13-31)41-30-35-26-21-38(27-9-5-7-22-6-3-4-8-24(22)27)17-11-25(26)28(36-30)39-19-16-33-23(20-39)10-14-32/h3-9,23,33H,10-13,15-21H2,1-2H3,(H,34,40)/t23-/m0/s1. The SMILES string of the molecule is CN(C)CCNC(=O)C1(Oc2nc3c(c(N4CCN[C@@H](CC#N)C4)n2)CCN(c2cccc4ccccc24)C3)CC1. The summed E-state index contributed by atoms with van der Waals surface area (Å²) in [5.41, 5.74) is 2.34. The van der Waals surface area contributed by atoms with E-state index in [4.69, 9.17) is 14.7 Å². The number of hydrogen-bond donors (Lipinski definition) is 2. The smallest absolute Gasteiger partial charge is 0.319 e. The normalized spacial score (nSPS) is 19.5. The number of nitrogens with one attached hydrogen (secondary N) is 2. The van der Waals surface area contributed by atoms with Gasteiger partial charge in [-0.1, -0.05) is 36.4 Å². The summed E-state index contributed by atoms with van der Waals surface area (Å²) in [5.74, 6) is 0.770. The van der Waals surface area contributed by atoms with Crippen LogP contribution in [0.15, 0.2) is 42.5 Å². The van der Waals surface area contributed by atoms with Crippen molar-refractivity contribution in [2.75, 3.05) is 63.2 Å². The lowest BCUT2D eigenvalue weighted by molar-refractivity contribution is -0.130. The molecule has 3 heterocycles. The number of nitriles is 1. The van der Waals surface area contributed by atoms with Gasteiger partial charge < -0.3 is 30.1 Å². The molecule has 41 heavy (non-hydrogen) atoms. The minimum absolute atomic E-state index is 0.0803. The first-order valence-electron chi connectivity index (χ1n) is 14.6. The van der Waals surface area contributed by atoms with Crippen LogP contribution in [0.5, 0.6) is 6.01 Å². The first kappa shape index (κ1) is 27.2. The molecule has 3 aromatic rings. The number of carbonyl (C=O) groups excluding carboxylic acids is 1. The second-order valence-electron chi connectivity index (χ2n) is 11.5. The molecule has 10 nitrogen and oxygen atoms in total. The fourth-order valence-electron chi connectivity index (χ4n) is 5.87. The third-order valence-electron chi connectivity index (χ3n) is 8.27. The molecule has 0 bridgehead atoms. The first-order valence-corrected chi connectivity index (χ1v) is 14.6. The molecule has 2 fully saturated rings. The Hall–Kier alpha value is -3.94. The van der Waals surface area contributed by atoms with E-state index in [1.165, 1.54) is 16.5 Å². The lowest BCUT2D eigenvalue weighted by Gasteiger charge is -2.37. The van der Waals surface area contributed by atoms with Crippen LogP contribution in [0.25, 0.3) is 10.8 Å². The zero-order chi connectivity index (χ0) is 28.4. The number of carbonyl (C=O) groups is 1. The van der Waals surface area contributed by atoms with E-state index in [0.29, 0.717) is 38.9 Å². The Morgan fingerprint density at radius 3 is 2.80 bits per heavy atom. The summed E-state index contributed by atoms with van der Waals surface area (Å²) in [4.78, 5) is 29.7. The Morgan fingerprint density at radius 2 is 2.00 bits per heavy atom.